The van der Waals surface area contributed by atoms with E-state index >= 15 is 0 Å². The van der Waals surface area contributed by atoms with E-state index in [0.717, 1.165) is 44.0 Å². The number of benzene rings is 2. The van der Waals surface area contributed by atoms with Gasteiger partial charge < -0.3 is 9.47 Å². The van der Waals surface area contributed by atoms with Gasteiger partial charge in [-0.05, 0) is 35.1 Å². The molecule has 0 spiro atoms. The molecule has 0 aliphatic rings. The number of carbonyl (C=O) groups excluding carboxylic acids is 2. The van der Waals surface area contributed by atoms with Crippen molar-refractivity contribution in [1.82, 2.24) is 0 Å². The first-order valence-electron chi connectivity index (χ1n) is 9.25. The summed E-state index contributed by atoms with van der Waals surface area (Å²) in [6.07, 6.45) is 2.53. The summed E-state index contributed by atoms with van der Waals surface area (Å²) in [7, 11) is 0. The van der Waals surface area contributed by atoms with Crippen molar-refractivity contribution in [1.29, 1.82) is 0 Å². The van der Waals surface area contributed by atoms with Gasteiger partial charge in [-0.15, -0.1) is 0 Å². The van der Waals surface area contributed by atoms with Crippen molar-refractivity contribution in [3.05, 3.63) is 59.7 Å². The molecule has 0 atom stereocenters. The molecule has 2 rings (SSSR count). The molecule has 2 aromatic carbocycles. The van der Waals surface area contributed by atoms with Crippen LogP contribution in [-0.2, 0) is 32.3 Å². The topological polar surface area (TPSA) is 52.6 Å². The van der Waals surface area contributed by atoms with Crippen LogP contribution in [-0.4, -0.2) is 20.8 Å². The quantitative estimate of drug-likeness (QED) is 0.183. The van der Waals surface area contributed by atoms with E-state index in [1.165, 1.54) is 0 Å². The van der Waals surface area contributed by atoms with Crippen LogP contribution in [0.1, 0.15) is 36.8 Å². The molecular weight excluding hydrogens is 582 g/mol. The lowest BCUT2D eigenvalue weighted by molar-refractivity contribution is -0.145. The minimum absolute atomic E-state index is 0.177. The van der Waals surface area contributed by atoms with Gasteiger partial charge in [-0.25, -0.2) is 0 Å². The Morgan fingerprint density at radius 3 is 1.46 bits per heavy atom. The molecule has 0 amide bonds. The molecule has 0 saturated heterocycles. The Labute approximate surface area is 193 Å². The third kappa shape index (κ3) is 7.69. The third-order valence-corrected chi connectivity index (χ3v) is 5.66. The third-order valence-electron chi connectivity index (χ3n) is 4.13. The molecule has 0 N–H and O–H groups in total. The minimum Gasteiger partial charge on any atom is -0.461 e. The molecular formula is C22H24I2O4. The van der Waals surface area contributed by atoms with Crippen LogP contribution in [0.25, 0.3) is 11.1 Å². The smallest absolute Gasteiger partial charge is 0.306 e. The molecule has 0 heterocycles. The zero-order valence-electron chi connectivity index (χ0n) is 15.7. The van der Waals surface area contributed by atoms with Gasteiger partial charge in [0.05, 0.1) is 0 Å². The molecule has 6 heteroatoms. The van der Waals surface area contributed by atoms with Gasteiger partial charge in [0.2, 0.25) is 0 Å². The Morgan fingerprint density at radius 2 is 1.07 bits per heavy atom. The molecule has 0 aliphatic heterocycles. The fraction of sp³-hybridized carbons (Fsp3) is 0.364. The Balaban J connectivity index is 2.12. The van der Waals surface area contributed by atoms with Gasteiger partial charge in [-0.3, -0.25) is 9.59 Å². The lowest BCUT2D eigenvalue weighted by atomic mass is 9.96. The predicted molar refractivity (Wildman–Crippen MR) is 128 cm³/mol. The summed E-state index contributed by atoms with van der Waals surface area (Å²) in [6.45, 7) is 0.472. The van der Waals surface area contributed by atoms with Gasteiger partial charge in [0.25, 0.3) is 0 Å². The zero-order chi connectivity index (χ0) is 20.2. The molecule has 0 aliphatic carbocycles. The molecule has 0 unspecified atom stereocenters. The monoisotopic (exact) mass is 606 g/mol. The number of rotatable bonds is 11. The minimum atomic E-state index is -0.177. The van der Waals surface area contributed by atoms with Crippen LogP contribution in [0.4, 0.5) is 0 Å². The largest absolute Gasteiger partial charge is 0.461 e. The maximum Gasteiger partial charge on any atom is 0.306 e. The average molecular weight is 606 g/mol. The second-order valence-electron chi connectivity index (χ2n) is 6.22. The van der Waals surface area contributed by atoms with E-state index < -0.39 is 0 Å². The second-order valence-corrected chi connectivity index (χ2v) is 8.38. The average Bonchev–Trinajstić information content (AvgIpc) is 2.73. The number of hydrogen-bond acceptors (Lipinski definition) is 4. The summed E-state index contributed by atoms with van der Waals surface area (Å²) >= 11 is 4.51. The lowest BCUT2D eigenvalue weighted by Crippen LogP contribution is -2.07. The van der Waals surface area contributed by atoms with Gasteiger partial charge in [-0.1, -0.05) is 93.7 Å². The molecule has 0 fully saturated rings. The van der Waals surface area contributed by atoms with E-state index in [2.05, 4.69) is 45.2 Å². The van der Waals surface area contributed by atoms with Crippen molar-refractivity contribution >= 4 is 57.1 Å². The molecule has 0 saturated carbocycles. The molecule has 2 aromatic rings. The summed E-state index contributed by atoms with van der Waals surface area (Å²) < 4.78 is 12.8. The van der Waals surface area contributed by atoms with Crippen molar-refractivity contribution in [2.75, 3.05) is 8.86 Å². The van der Waals surface area contributed by atoms with Crippen molar-refractivity contribution < 1.29 is 19.1 Å². The Bertz CT molecular complexity index is 711. The van der Waals surface area contributed by atoms with Crippen molar-refractivity contribution in [2.24, 2.45) is 0 Å². The van der Waals surface area contributed by atoms with Crippen LogP contribution >= 0.6 is 45.2 Å². The van der Waals surface area contributed by atoms with Crippen molar-refractivity contribution in [2.45, 2.75) is 38.9 Å². The summed E-state index contributed by atoms with van der Waals surface area (Å²) in [6, 6.07) is 15.7. The normalized spacial score (nSPS) is 10.5. The first-order chi connectivity index (χ1) is 13.7. The highest BCUT2D eigenvalue weighted by molar-refractivity contribution is 14.1. The number of ether oxygens (including phenoxy) is 2. The molecule has 150 valence electrons. The SMILES string of the molecule is O=C(CCCI)OCc1ccccc1-c1ccccc1COC(=O)CCCI. The molecule has 4 nitrogen and oxygen atoms in total. The number of alkyl halides is 2. The summed E-state index contributed by atoms with van der Waals surface area (Å²) in [5, 5.41) is 0. The van der Waals surface area contributed by atoms with E-state index in [4.69, 9.17) is 9.47 Å². The van der Waals surface area contributed by atoms with Gasteiger partial charge in [0.15, 0.2) is 0 Å². The Hall–Kier alpha value is -1.16. The standard InChI is InChI=1S/C22H24I2O4/c23-13-5-11-21(25)27-15-17-7-1-3-9-19(17)20-10-4-2-8-18(20)16-28-22(26)12-6-14-24/h1-4,7-10H,5-6,11-16H2. The highest BCUT2D eigenvalue weighted by Gasteiger charge is 2.12. The fourth-order valence-electron chi connectivity index (χ4n) is 2.70. The van der Waals surface area contributed by atoms with E-state index in [1.54, 1.807) is 0 Å². The van der Waals surface area contributed by atoms with Gasteiger partial charge in [0, 0.05) is 21.7 Å². The predicted octanol–water partition coefficient (Wildman–Crippen LogP) is 5.87. The van der Waals surface area contributed by atoms with Crippen LogP contribution in [0.5, 0.6) is 0 Å². The van der Waals surface area contributed by atoms with E-state index in [9.17, 15) is 9.59 Å². The lowest BCUT2D eigenvalue weighted by Gasteiger charge is -2.14. The Kier molecular flexibility index (Phi) is 10.8. The molecule has 0 aromatic heterocycles. The van der Waals surface area contributed by atoms with Crippen LogP contribution in [0.3, 0.4) is 0 Å². The number of hydrogen-bond donors (Lipinski definition) is 0. The van der Waals surface area contributed by atoms with E-state index in [-0.39, 0.29) is 25.2 Å². The van der Waals surface area contributed by atoms with Gasteiger partial charge >= 0.3 is 11.9 Å². The van der Waals surface area contributed by atoms with Crippen molar-refractivity contribution in [3.63, 3.8) is 0 Å². The molecule has 0 bridgehead atoms. The highest BCUT2D eigenvalue weighted by atomic mass is 127. The Morgan fingerprint density at radius 1 is 0.679 bits per heavy atom. The van der Waals surface area contributed by atoms with Crippen LogP contribution in [0.2, 0.25) is 0 Å². The highest BCUT2D eigenvalue weighted by Crippen LogP contribution is 2.28. The maximum atomic E-state index is 11.9. The van der Waals surface area contributed by atoms with Gasteiger partial charge in [-0.2, -0.15) is 0 Å². The fourth-order valence-corrected chi connectivity index (χ4v) is 3.46. The maximum absolute atomic E-state index is 11.9. The summed E-state index contributed by atoms with van der Waals surface area (Å²) in [5.41, 5.74) is 3.86. The van der Waals surface area contributed by atoms with Crippen LogP contribution < -0.4 is 0 Å². The molecule has 0 radical (unpaired) electrons. The van der Waals surface area contributed by atoms with Crippen LogP contribution in [0, 0.1) is 0 Å². The first-order valence-corrected chi connectivity index (χ1v) is 12.3. The number of esters is 2. The van der Waals surface area contributed by atoms with E-state index in [0.29, 0.717) is 12.8 Å². The number of carbonyl (C=O) groups is 2. The van der Waals surface area contributed by atoms with Crippen LogP contribution in [0.15, 0.2) is 48.5 Å². The number of halogens is 2. The first kappa shape index (κ1) is 23.1. The second kappa shape index (κ2) is 13.1. The zero-order valence-corrected chi connectivity index (χ0v) is 20.0. The van der Waals surface area contributed by atoms with E-state index in [1.807, 2.05) is 48.5 Å². The summed E-state index contributed by atoms with van der Waals surface area (Å²) in [5.74, 6) is -0.354. The van der Waals surface area contributed by atoms with Gasteiger partial charge in [0.1, 0.15) is 13.2 Å². The summed E-state index contributed by atoms with van der Waals surface area (Å²) in [4.78, 5) is 23.7. The molecule has 28 heavy (non-hydrogen) atoms. The van der Waals surface area contributed by atoms with Crippen molar-refractivity contribution in [3.8, 4) is 11.1 Å².